The van der Waals surface area contributed by atoms with E-state index in [1.165, 1.54) is 5.56 Å². The van der Waals surface area contributed by atoms with E-state index in [0.717, 1.165) is 24.0 Å². The van der Waals surface area contributed by atoms with Crippen molar-refractivity contribution in [1.82, 2.24) is 10.2 Å². The van der Waals surface area contributed by atoms with Gasteiger partial charge in [-0.25, -0.2) is 0 Å². The van der Waals surface area contributed by atoms with E-state index in [9.17, 15) is 9.59 Å². The van der Waals surface area contributed by atoms with E-state index < -0.39 is 6.04 Å². The Morgan fingerprint density at radius 3 is 2.22 bits per heavy atom. The van der Waals surface area contributed by atoms with Crippen LogP contribution in [0.1, 0.15) is 69.6 Å². The van der Waals surface area contributed by atoms with Gasteiger partial charge in [0.2, 0.25) is 11.8 Å². The highest BCUT2D eigenvalue weighted by atomic mass is 35.5. The second-order valence-corrected chi connectivity index (χ2v) is 9.30. The van der Waals surface area contributed by atoms with E-state index in [1.54, 1.807) is 24.0 Å². The van der Waals surface area contributed by atoms with Crippen molar-refractivity contribution in [3.63, 3.8) is 0 Å². The van der Waals surface area contributed by atoms with Gasteiger partial charge in [-0.3, -0.25) is 9.59 Å². The first kappa shape index (κ1) is 26.2. The quantitative estimate of drug-likeness (QED) is 0.382. The van der Waals surface area contributed by atoms with Crippen molar-refractivity contribution in [2.75, 3.05) is 6.54 Å². The summed E-state index contributed by atoms with van der Waals surface area (Å²) >= 11 is 12.2. The zero-order chi connectivity index (χ0) is 23.7. The van der Waals surface area contributed by atoms with Crippen LogP contribution in [0.3, 0.4) is 0 Å². The lowest BCUT2D eigenvalue weighted by atomic mass is 10.00. The molecule has 0 aliphatic rings. The summed E-state index contributed by atoms with van der Waals surface area (Å²) in [5.41, 5.74) is 3.22. The van der Waals surface area contributed by atoms with Crippen LogP contribution >= 0.6 is 23.2 Å². The van der Waals surface area contributed by atoms with Crippen molar-refractivity contribution >= 4 is 35.0 Å². The summed E-state index contributed by atoms with van der Waals surface area (Å²) < 4.78 is 0. The molecule has 0 aliphatic carbocycles. The molecule has 0 bridgehead atoms. The maximum Gasteiger partial charge on any atom is 0.242 e. The summed E-state index contributed by atoms with van der Waals surface area (Å²) in [5.74, 6) is 0.259. The zero-order valence-electron chi connectivity index (χ0n) is 19.5. The Bertz CT molecular complexity index is 897. The van der Waals surface area contributed by atoms with Gasteiger partial charge < -0.3 is 10.2 Å². The molecule has 0 aromatic heterocycles. The number of nitrogens with zero attached hydrogens (tertiary/aromatic N) is 1. The molecule has 2 amide bonds. The molecule has 0 saturated heterocycles. The summed E-state index contributed by atoms with van der Waals surface area (Å²) in [6.07, 6.45) is 2.86. The third kappa shape index (κ3) is 7.83. The van der Waals surface area contributed by atoms with E-state index in [4.69, 9.17) is 23.2 Å². The molecule has 1 unspecified atom stereocenters. The maximum atomic E-state index is 13.2. The van der Waals surface area contributed by atoms with Crippen LogP contribution in [-0.2, 0) is 22.6 Å². The van der Waals surface area contributed by atoms with Crippen LogP contribution in [0.4, 0.5) is 0 Å². The van der Waals surface area contributed by atoms with Gasteiger partial charge in [0.15, 0.2) is 0 Å². The van der Waals surface area contributed by atoms with Crippen LogP contribution in [0.2, 0.25) is 10.0 Å². The third-order valence-electron chi connectivity index (χ3n) is 5.61. The molecule has 2 aromatic rings. The largest absolute Gasteiger partial charge is 0.354 e. The highest BCUT2D eigenvalue weighted by molar-refractivity contribution is 6.42. The average molecular weight is 477 g/mol. The van der Waals surface area contributed by atoms with Crippen molar-refractivity contribution in [2.24, 2.45) is 0 Å². The molecular formula is C26H34Cl2N2O2. The first-order valence-corrected chi connectivity index (χ1v) is 12.1. The summed E-state index contributed by atoms with van der Waals surface area (Å²) in [6, 6.07) is 13.1. The monoisotopic (exact) mass is 476 g/mol. The van der Waals surface area contributed by atoms with Crippen molar-refractivity contribution < 1.29 is 9.59 Å². The normalized spacial score (nSPS) is 12.0. The molecule has 0 aliphatic heterocycles. The number of amides is 2. The Morgan fingerprint density at radius 1 is 0.969 bits per heavy atom. The lowest BCUT2D eigenvalue weighted by Gasteiger charge is -2.29. The molecule has 1 N–H and O–H groups in total. The Morgan fingerprint density at radius 2 is 1.62 bits per heavy atom. The number of carbonyl (C=O) groups excluding carboxylic acids is 2. The lowest BCUT2D eigenvalue weighted by molar-refractivity contribution is -0.140. The van der Waals surface area contributed by atoms with Gasteiger partial charge in [-0.1, -0.05) is 80.7 Å². The fraction of sp³-hybridized carbons (Fsp3) is 0.462. The SMILES string of the molecule is CCCCNC(=O)C(C)N(Cc1ccc(Cl)c(Cl)c1)C(=O)CCc1ccc(C(C)C)cc1. The predicted molar refractivity (Wildman–Crippen MR) is 133 cm³/mol. The molecule has 6 heteroatoms. The zero-order valence-corrected chi connectivity index (χ0v) is 21.0. The number of rotatable bonds is 11. The van der Waals surface area contributed by atoms with Gasteiger partial charge in [0.25, 0.3) is 0 Å². The van der Waals surface area contributed by atoms with Crippen molar-refractivity contribution in [3.8, 4) is 0 Å². The Kier molecular flexibility index (Phi) is 10.5. The van der Waals surface area contributed by atoms with E-state index in [1.807, 2.05) is 6.07 Å². The predicted octanol–water partition coefficient (Wildman–Crippen LogP) is 6.38. The van der Waals surface area contributed by atoms with Crippen LogP contribution in [0.5, 0.6) is 0 Å². The lowest BCUT2D eigenvalue weighted by Crippen LogP contribution is -2.47. The average Bonchev–Trinajstić information content (AvgIpc) is 2.78. The van der Waals surface area contributed by atoms with Gasteiger partial charge in [0, 0.05) is 19.5 Å². The summed E-state index contributed by atoms with van der Waals surface area (Å²) in [4.78, 5) is 27.5. The minimum Gasteiger partial charge on any atom is -0.354 e. The maximum absolute atomic E-state index is 13.2. The minimum atomic E-state index is -0.586. The standard InChI is InChI=1S/C26H34Cl2N2O2/c1-5-6-15-29-26(32)19(4)30(17-21-9-13-23(27)24(28)16-21)25(31)14-10-20-7-11-22(12-8-20)18(2)3/h7-9,11-13,16,18-19H,5-6,10,14-15,17H2,1-4H3,(H,29,32). The number of unbranched alkanes of at least 4 members (excludes halogenated alkanes) is 1. The fourth-order valence-corrected chi connectivity index (χ4v) is 3.74. The molecule has 4 nitrogen and oxygen atoms in total. The molecule has 0 radical (unpaired) electrons. The van der Waals surface area contributed by atoms with E-state index in [-0.39, 0.29) is 11.8 Å². The number of carbonyl (C=O) groups is 2. The van der Waals surface area contributed by atoms with Crippen molar-refractivity contribution in [1.29, 1.82) is 0 Å². The minimum absolute atomic E-state index is 0.0675. The number of nitrogens with one attached hydrogen (secondary N) is 1. The Labute approximate surface area is 202 Å². The van der Waals surface area contributed by atoms with Gasteiger partial charge in [-0.2, -0.15) is 0 Å². The van der Waals surface area contributed by atoms with Crippen LogP contribution in [-0.4, -0.2) is 29.3 Å². The van der Waals surface area contributed by atoms with E-state index in [2.05, 4.69) is 50.4 Å². The number of aryl methyl sites for hydroxylation is 1. The molecular weight excluding hydrogens is 443 g/mol. The highest BCUT2D eigenvalue weighted by Crippen LogP contribution is 2.24. The molecule has 2 aromatic carbocycles. The third-order valence-corrected chi connectivity index (χ3v) is 6.35. The molecule has 32 heavy (non-hydrogen) atoms. The van der Waals surface area contributed by atoms with Crippen molar-refractivity contribution in [2.45, 2.75) is 71.9 Å². The second kappa shape index (κ2) is 12.9. The van der Waals surface area contributed by atoms with Crippen LogP contribution < -0.4 is 5.32 Å². The number of benzene rings is 2. The van der Waals surface area contributed by atoms with Crippen LogP contribution in [0, 0.1) is 0 Å². The highest BCUT2D eigenvalue weighted by Gasteiger charge is 2.26. The number of halogens is 2. The number of hydrogen-bond donors (Lipinski definition) is 1. The van der Waals surface area contributed by atoms with Gasteiger partial charge in [-0.05, 0) is 54.5 Å². The summed E-state index contributed by atoms with van der Waals surface area (Å²) in [6.45, 7) is 9.07. The smallest absolute Gasteiger partial charge is 0.242 e. The first-order chi connectivity index (χ1) is 15.2. The van der Waals surface area contributed by atoms with Crippen molar-refractivity contribution in [3.05, 3.63) is 69.2 Å². The summed E-state index contributed by atoms with van der Waals surface area (Å²) in [5, 5.41) is 3.83. The molecule has 0 spiro atoms. The Balaban J connectivity index is 2.13. The second-order valence-electron chi connectivity index (χ2n) is 8.49. The molecule has 0 heterocycles. The van der Waals surface area contributed by atoms with Gasteiger partial charge in [0.1, 0.15) is 6.04 Å². The summed E-state index contributed by atoms with van der Waals surface area (Å²) in [7, 11) is 0. The van der Waals surface area contributed by atoms with E-state index in [0.29, 0.717) is 41.9 Å². The fourth-order valence-electron chi connectivity index (χ4n) is 3.42. The topological polar surface area (TPSA) is 49.4 Å². The van der Waals surface area contributed by atoms with Gasteiger partial charge in [0.05, 0.1) is 10.0 Å². The van der Waals surface area contributed by atoms with Crippen LogP contribution in [0.15, 0.2) is 42.5 Å². The first-order valence-electron chi connectivity index (χ1n) is 11.3. The molecule has 0 saturated carbocycles. The van der Waals surface area contributed by atoms with Gasteiger partial charge in [-0.15, -0.1) is 0 Å². The molecule has 1 atom stereocenters. The molecule has 174 valence electrons. The van der Waals surface area contributed by atoms with Gasteiger partial charge >= 0.3 is 0 Å². The van der Waals surface area contributed by atoms with E-state index >= 15 is 0 Å². The molecule has 0 fully saturated rings. The van der Waals surface area contributed by atoms with Crippen LogP contribution in [0.25, 0.3) is 0 Å². The number of hydrogen-bond acceptors (Lipinski definition) is 2. The Hall–Kier alpha value is -2.04. The molecule has 2 rings (SSSR count).